The van der Waals surface area contributed by atoms with Gasteiger partial charge >= 0.3 is 0 Å². The fraction of sp³-hybridized carbons (Fsp3) is 0.400. The Balaban J connectivity index is 3.10. The van der Waals surface area contributed by atoms with Gasteiger partial charge in [-0.2, -0.15) is 0 Å². The van der Waals surface area contributed by atoms with Gasteiger partial charge in [-0.05, 0) is 12.1 Å². The summed E-state index contributed by atoms with van der Waals surface area (Å²) in [5.74, 6) is 0.103. The van der Waals surface area contributed by atoms with Gasteiger partial charge in [-0.15, -0.1) is 0 Å². The first-order valence-electron chi connectivity index (χ1n) is 4.54. The van der Waals surface area contributed by atoms with Crippen molar-refractivity contribution < 1.29 is 25.2 Å². The van der Waals surface area contributed by atoms with E-state index < -0.39 is 18.8 Å². The first-order valence-corrected chi connectivity index (χ1v) is 5.34. The molecule has 2 atom stereocenters. The van der Waals surface area contributed by atoms with Crippen LogP contribution in [0.5, 0.6) is 11.5 Å². The zero-order valence-electron chi connectivity index (χ0n) is 8.59. The maximum atomic E-state index is 9.67. The summed E-state index contributed by atoms with van der Waals surface area (Å²) < 4.78 is 5.35. The van der Waals surface area contributed by atoms with Crippen molar-refractivity contribution in [2.24, 2.45) is 0 Å². The van der Waals surface area contributed by atoms with Gasteiger partial charge in [-0.25, -0.2) is 0 Å². The van der Waals surface area contributed by atoms with Gasteiger partial charge in [0.15, 0.2) is 11.5 Å². The lowest BCUT2D eigenvalue weighted by atomic mass is 10.0. The van der Waals surface area contributed by atoms with E-state index in [0.29, 0.717) is 4.47 Å². The Morgan fingerprint density at radius 2 is 2.00 bits per heavy atom. The van der Waals surface area contributed by atoms with Crippen molar-refractivity contribution in [2.75, 3.05) is 13.7 Å². The minimum atomic E-state index is -1.30. The van der Waals surface area contributed by atoms with E-state index in [1.807, 2.05) is 0 Å². The predicted octanol–water partition coefficient (Wildman–Crippen LogP) is 0.550. The van der Waals surface area contributed by atoms with Gasteiger partial charge in [0.25, 0.3) is 0 Å². The van der Waals surface area contributed by atoms with Crippen molar-refractivity contribution in [2.45, 2.75) is 12.2 Å². The Labute approximate surface area is 101 Å². The number of hydrogen-bond acceptors (Lipinski definition) is 5. The predicted molar refractivity (Wildman–Crippen MR) is 60.4 cm³/mol. The Bertz CT molecular complexity index is 368. The average molecular weight is 293 g/mol. The van der Waals surface area contributed by atoms with E-state index in [-0.39, 0.29) is 17.1 Å². The minimum Gasteiger partial charge on any atom is -0.504 e. The molecule has 4 N–H and O–H groups in total. The SMILES string of the molecule is COc1cc(Br)c(C(O)C(O)CO)cc1O. The van der Waals surface area contributed by atoms with E-state index in [0.717, 1.165) is 0 Å². The third-order valence-corrected chi connectivity index (χ3v) is 2.86. The van der Waals surface area contributed by atoms with Crippen LogP contribution in [0.2, 0.25) is 0 Å². The number of phenolic OH excluding ortho intramolecular Hbond substituents is 1. The van der Waals surface area contributed by atoms with Crippen molar-refractivity contribution in [1.82, 2.24) is 0 Å². The van der Waals surface area contributed by atoms with Gasteiger partial charge in [0.2, 0.25) is 0 Å². The topological polar surface area (TPSA) is 90.2 Å². The standard InChI is InChI=1S/C10H13BrO5/c1-16-9-3-6(11)5(2-7(9)13)10(15)8(14)4-12/h2-3,8,10,12-15H,4H2,1H3. The molecule has 0 saturated heterocycles. The Morgan fingerprint density at radius 1 is 1.38 bits per heavy atom. The largest absolute Gasteiger partial charge is 0.504 e. The van der Waals surface area contributed by atoms with Crippen molar-refractivity contribution in [3.63, 3.8) is 0 Å². The van der Waals surface area contributed by atoms with Crippen LogP contribution in [0.4, 0.5) is 0 Å². The van der Waals surface area contributed by atoms with Gasteiger partial charge in [-0.1, -0.05) is 15.9 Å². The first-order chi connectivity index (χ1) is 7.51. The molecule has 1 aromatic carbocycles. The summed E-state index contributed by atoms with van der Waals surface area (Å²) in [5.41, 5.74) is 0.278. The molecule has 2 unspecified atom stereocenters. The van der Waals surface area contributed by atoms with Crippen molar-refractivity contribution in [3.8, 4) is 11.5 Å². The average Bonchev–Trinajstić information content (AvgIpc) is 2.29. The molecule has 5 nitrogen and oxygen atoms in total. The zero-order chi connectivity index (χ0) is 12.3. The van der Waals surface area contributed by atoms with Crippen molar-refractivity contribution >= 4 is 15.9 Å². The molecule has 0 aromatic heterocycles. The van der Waals surface area contributed by atoms with Crippen LogP contribution in [0.25, 0.3) is 0 Å². The number of ether oxygens (including phenoxy) is 1. The Kier molecular flexibility index (Phi) is 4.55. The lowest BCUT2D eigenvalue weighted by Gasteiger charge is -2.18. The van der Waals surface area contributed by atoms with E-state index >= 15 is 0 Å². The first kappa shape index (κ1) is 13.2. The van der Waals surface area contributed by atoms with E-state index in [2.05, 4.69) is 15.9 Å². The number of benzene rings is 1. The molecule has 0 aliphatic heterocycles. The summed E-state index contributed by atoms with van der Waals surface area (Å²) in [6, 6.07) is 2.74. The molecule has 90 valence electrons. The summed E-state index contributed by atoms with van der Waals surface area (Å²) in [7, 11) is 1.40. The number of aliphatic hydroxyl groups excluding tert-OH is 3. The molecule has 6 heteroatoms. The molecule has 0 aliphatic carbocycles. The molecule has 1 rings (SSSR count). The molecular formula is C10H13BrO5. The second kappa shape index (κ2) is 5.49. The smallest absolute Gasteiger partial charge is 0.161 e. The maximum absolute atomic E-state index is 9.67. The van der Waals surface area contributed by atoms with E-state index in [1.165, 1.54) is 19.2 Å². The second-order valence-electron chi connectivity index (χ2n) is 3.24. The summed E-state index contributed by atoms with van der Waals surface area (Å²) in [6.07, 6.45) is -2.58. The van der Waals surface area contributed by atoms with Crippen LogP contribution in [0.3, 0.4) is 0 Å². The second-order valence-corrected chi connectivity index (χ2v) is 4.09. The molecule has 0 saturated carbocycles. The molecule has 0 spiro atoms. The fourth-order valence-electron chi connectivity index (χ4n) is 1.26. The highest BCUT2D eigenvalue weighted by molar-refractivity contribution is 9.10. The third kappa shape index (κ3) is 2.65. The number of methoxy groups -OCH3 is 1. The van der Waals surface area contributed by atoms with Crippen LogP contribution in [-0.2, 0) is 0 Å². The van der Waals surface area contributed by atoms with E-state index in [1.54, 1.807) is 0 Å². The van der Waals surface area contributed by atoms with Crippen LogP contribution >= 0.6 is 15.9 Å². The van der Waals surface area contributed by atoms with E-state index in [4.69, 9.17) is 9.84 Å². The number of hydrogen-bond donors (Lipinski definition) is 4. The molecule has 0 amide bonds. The summed E-state index contributed by atoms with van der Waals surface area (Å²) in [5, 5.41) is 37.2. The molecule has 16 heavy (non-hydrogen) atoms. The van der Waals surface area contributed by atoms with Crippen molar-refractivity contribution in [1.29, 1.82) is 0 Å². The number of phenols is 1. The highest BCUT2D eigenvalue weighted by Gasteiger charge is 2.21. The van der Waals surface area contributed by atoms with Crippen LogP contribution in [0.1, 0.15) is 11.7 Å². The van der Waals surface area contributed by atoms with Gasteiger partial charge in [0.1, 0.15) is 12.2 Å². The molecule has 0 heterocycles. The zero-order valence-corrected chi connectivity index (χ0v) is 10.2. The lowest BCUT2D eigenvalue weighted by Crippen LogP contribution is -2.22. The summed E-state index contributed by atoms with van der Waals surface area (Å²) >= 11 is 3.18. The van der Waals surface area contributed by atoms with Gasteiger partial charge in [0.05, 0.1) is 13.7 Å². The van der Waals surface area contributed by atoms with Crippen LogP contribution in [0.15, 0.2) is 16.6 Å². The highest BCUT2D eigenvalue weighted by atomic mass is 79.9. The van der Waals surface area contributed by atoms with E-state index in [9.17, 15) is 15.3 Å². The third-order valence-electron chi connectivity index (χ3n) is 2.17. The number of rotatable bonds is 4. The molecular weight excluding hydrogens is 280 g/mol. The molecule has 0 radical (unpaired) electrons. The monoisotopic (exact) mass is 292 g/mol. The normalized spacial score (nSPS) is 14.6. The molecule has 0 bridgehead atoms. The number of halogens is 1. The summed E-state index contributed by atoms with van der Waals surface area (Å²) in [6.45, 7) is -0.569. The number of aliphatic hydroxyl groups is 3. The quantitative estimate of drug-likeness (QED) is 0.651. The van der Waals surface area contributed by atoms with Crippen LogP contribution in [0, 0.1) is 0 Å². The Morgan fingerprint density at radius 3 is 2.50 bits per heavy atom. The highest BCUT2D eigenvalue weighted by Crippen LogP contribution is 2.36. The molecule has 1 aromatic rings. The lowest BCUT2D eigenvalue weighted by molar-refractivity contribution is -0.0156. The fourth-order valence-corrected chi connectivity index (χ4v) is 1.81. The number of aromatic hydroxyl groups is 1. The van der Waals surface area contributed by atoms with Crippen LogP contribution in [-0.4, -0.2) is 40.2 Å². The van der Waals surface area contributed by atoms with Gasteiger partial charge in [-0.3, -0.25) is 0 Å². The molecule has 0 fully saturated rings. The van der Waals surface area contributed by atoms with Crippen molar-refractivity contribution in [3.05, 3.63) is 22.2 Å². The van der Waals surface area contributed by atoms with Gasteiger partial charge < -0.3 is 25.2 Å². The maximum Gasteiger partial charge on any atom is 0.161 e. The van der Waals surface area contributed by atoms with Crippen LogP contribution < -0.4 is 4.74 Å². The molecule has 0 aliphatic rings. The Hall–Kier alpha value is -0.820. The summed E-state index contributed by atoms with van der Waals surface area (Å²) in [4.78, 5) is 0. The van der Waals surface area contributed by atoms with Gasteiger partial charge in [0, 0.05) is 10.0 Å². The minimum absolute atomic E-state index is 0.148.